The molecule has 1 rings (SSSR count). The second kappa shape index (κ2) is 5.05. The second-order valence-electron chi connectivity index (χ2n) is 4.08. The van der Waals surface area contributed by atoms with Crippen LogP contribution in [0.15, 0.2) is 16.8 Å². The van der Waals surface area contributed by atoms with E-state index in [4.69, 9.17) is 0 Å². The van der Waals surface area contributed by atoms with Gasteiger partial charge in [0.15, 0.2) is 0 Å². The van der Waals surface area contributed by atoms with E-state index in [9.17, 15) is 0 Å². The van der Waals surface area contributed by atoms with Gasteiger partial charge in [-0.25, -0.2) is 0 Å². The number of hydrogen-bond acceptors (Lipinski definition) is 2. The molecular weight excluding hydrogens is 160 g/mol. The molecule has 0 spiro atoms. The highest BCUT2D eigenvalue weighted by molar-refractivity contribution is 5.96. The van der Waals surface area contributed by atoms with Gasteiger partial charge >= 0.3 is 0 Å². The molecule has 0 saturated heterocycles. The molecular formula is C11H20N2. The highest BCUT2D eigenvalue weighted by Gasteiger charge is 2.03. The zero-order valence-electron chi connectivity index (χ0n) is 8.93. The van der Waals surface area contributed by atoms with Crippen LogP contribution in [-0.4, -0.2) is 18.8 Å². The van der Waals surface area contributed by atoms with Gasteiger partial charge < -0.3 is 5.32 Å². The predicted octanol–water partition coefficient (Wildman–Crippen LogP) is 2.37. The van der Waals surface area contributed by atoms with Crippen LogP contribution in [0.1, 0.15) is 33.6 Å². The van der Waals surface area contributed by atoms with E-state index in [0.29, 0.717) is 5.92 Å². The van der Waals surface area contributed by atoms with Crippen molar-refractivity contribution in [3.63, 3.8) is 0 Å². The zero-order valence-corrected chi connectivity index (χ0v) is 8.93. The maximum absolute atomic E-state index is 4.40. The van der Waals surface area contributed by atoms with Crippen LogP contribution < -0.4 is 5.32 Å². The van der Waals surface area contributed by atoms with Crippen molar-refractivity contribution in [3.8, 4) is 0 Å². The summed E-state index contributed by atoms with van der Waals surface area (Å²) in [6.07, 6.45) is 4.55. The lowest BCUT2D eigenvalue weighted by Crippen LogP contribution is -2.18. The molecule has 1 N–H and O–H groups in total. The van der Waals surface area contributed by atoms with Crippen LogP contribution in [0.4, 0.5) is 0 Å². The standard InChI is InChI=1S/C11H20N2/c1-9(2)8-13-10(3)7-11-5-4-6-12-11/h7,9,13H,4-6,8H2,1-3H3. The summed E-state index contributed by atoms with van der Waals surface area (Å²) in [5.74, 6) is 0.703. The average Bonchev–Trinajstić information content (AvgIpc) is 2.53. The van der Waals surface area contributed by atoms with Gasteiger partial charge in [-0.15, -0.1) is 0 Å². The van der Waals surface area contributed by atoms with Gasteiger partial charge in [-0.1, -0.05) is 13.8 Å². The third-order valence-electron chi connectivity index (χ3n) is 2.08. The van der Waals surface area contributed by atoms with Crippen molar-refractivity contribution in [3.05, 3.63) is 11.8 Å². The molecule has 0 aromatic rings. The van der Waals surface area contributed by atoms with Gasteiger partial charge in [0.1, 0.15) is 0 Å². The lowest BCUT2D eigenvalue weighted by Gasteiger charge is -2.08. The van der Waals surface area contributed by atoms with Gasteiger partial charge in [0.25, 0.3) is 0 Å². The Morgan fingerprint density at radius 1 is 1.62 bits per heavy atom. The number of nitrogens with one attached hydrogen (secondary N) is 1. The van der Waals surface area contributed by atoms with Gasteiger partial charge in [0.2, 0.25) is 0 Å². The van der Waals surface area contributed by atoms with Crippen LogP contribution in [0.3, 0.4) is 0 Å². The quantitative estimate of drug-likeness (QED) is 0.705. The SMILES string of the molecule is CC(=CC1=NCCC1)NCC(C)C. The van der Waals surface area contributed by atoms with Crippen LogP contribution >= 0.6 is 0 Å². The second-order valence-corrected chi connectivity index (χ2v) is 4.08. The fourth-order valence-electron chi connectivity index (χ4n) is 1.35. The van der Waals surface area contributed by atoms with E-state index in [-0.39, 0.29) is 0 Å². The molecule has 0 aromatic heterocycles. The Morgan fingerprint density at radius 2 is 2.38 bits per heavy atom. The number of rotatable bonds is 4. The van der Waals surface area contributed by atoms with E-state index < -0.39 is 0 Å². The summed E-state index contributed by atoms with van der Waals surface area (Å²) >= 11 is 0. The number of nitrogens with zero attached hydrogens (tertiary/aromatic N) is 1. The summed E-state index contributed by atoms with van der Waals surface area (Å²) in [5, 5.41) is 3.39. The van der Waals surface area contributed by atoms with Crippen molar-refractivity contribution < 1.29 is 0 Å². The van der Waals surface area contributed by atoms with Crippen LogP contribution in [0, 0.1) is 5.92 Å². The molecule has 0 fully saturated rings. The predicted molar refractivity (Wildman–Crippen MR) is 58.1 cm³/mol. The number of allylic oxidation sites excluding steroid dienone is 2. The van der Waals surface area contributed by atoms with Crippen molar-refractivity contribution in [2.24, 2.45) is 10.9 Å². The highest BCUT2D eigenvalue weighted by Crippen LogP contribution is 2.06. The van der Waals surface area contributed by atoms with Gasteiger partial charge in [0.05, 0.1) is 0 Å². The summed E-state index contributed by atoms with van der Waals surface area (Å²) in [7, 11) is 0. The number of aliphatic imine (C=N–C) groups is 1. The van der Waals surface area contributed by atoms with E-state index in [0.717, 1.165) is 19.5 Å². The molecule has 0 aromatic carbocycles. The summed E-state index contributed by atoms with van der Waals surface area (Å²) in [6, 6.07) is 0. The maximum Gasteiger partial charge on any atom is 0.0396 e. The monoisotopic (exact) mass is 180 g/mol. The molecule has 0 unspecified atom stereocenters. The first-order valence-corrected chi connectivity index (χ1v) is 5.14. The number of hydrogen-bond donors (Lipinski definition) is 1. The summed E-state index contributed by atoms with van der Waals surface area (Å²) < 4.78 is 0. The normalized spacial score (nSPS) is 17.8. The molecule has 0 radical (unpaired) electrons. The van der Waals surface area contributed by atoms with Gasteiger partial charge in [-0.3, -0.25) is 4.99 Å². The van der Waals surface area contributed by atoms with Crippen molar-refractivity contribution >= 4 is 5.71 Å². The van der Waals surface area contributed by atoms with E-state index in [1.807, 2.05) is 0 Å². The molecule has 1 aliphatic rings. The molecule has 0 saturated carbocycles. The van der Waals surface area contributed by atoms with Gasteiger partial charge in [-0.05, 0) is 31.8 Å². The average molecular weight is 180 g/mol. The fraction of sp³-hybridized carbons (Fsp3) is 0.727. The lowest BCUT2D eigenvalue weighted by molar-refractivity contribution is 0.596. The Labute approximate surface area is 81.1 Å². The van der Waals surface area contributed by atoms with E-state index in [1.54, 1.807) is 0 Å². The summed E-state index contributed by atoms with van der Waals surface area (Å²) in [4.78, 5) is 4.40. The minimum absolute atomic E-state index is 0.703. The Hall–Kier alpha value is -0.790. The molecule has 0 aliphatic carbocycles. The summed E-state index contributed by atoms with van der Waals surface area (Å²) in [5.41, 5.74) is 2.50. The minimum Gasteiger partial charge on any atom is -0.388 e. The molecule has 13 heavy (non-hydrogen) atoms. The molecule has 0 atom stereocenters. The third kappa shape index (κ3) is 4.11. The van der Waals surface area contributed by atoms with E-state index in [1.165, 1.54) is 17.8 Å². The Morgan fingerprint density at radius 3 is 2.92 bits per heavy atom. The lowest BCUT2D eigenvalue weighted by atomic mass is 10.2. The van der Waals surface area contributed by atoms with Crippen LogP contribution in [0.5, 0.6) is 0 Å². The fourth-order valence-corrected chi connectivity index (χ4v) is 1.35. The largest absolute Gasteiger partial charge is 0.388 e. The molecule has 2 nitrogen and oxygen atoms in total. The van der Waals surface area contributed by atoms with Crippen LogP contribution in [0.25, 0.3) is 0 Å². The zero-order chi connectivity index (χ0) is 9.68. The highest BCUT2D eigenvalue weighted by atomic mass is 14.9. The minimum atomic E-state index is 0.703. The van der Waals surface area contributed by atoms with Crippen molar-refractivity contribution in [1.29, 1.82) is 0 Å². The topological polar surface area (TPSA) is 24.4 Å². The van der Waals surface area contributed by atoms with Crippen LogP contribution in [-0.2, 0) is 0 Å². The molecule has 1 aliphatic heterocycles. The molecule has 2 heteroatoms. The molecule has 74 valence electrons. The smallest absolute Gasteiger partial charge is 0.0396 e. The van der Waals surface area contributed by atoms with Gasteiger partial charge in [-0.2, -0.15) is 0 Å². The molecule has 0 bridgehead atoms. The van der Waals surface area contributed by atoms with Crippen molar-refractivity contribution in [2.75, 3.05) is 13.1 Å². The Balaban J connectivity index is 2.32. The Kier molecular flexibility index (Phi) is 4.00. The first-order valence-electron chi connectivity index (χ1n) is 5.14. The summed E-state index contributed by atoms with van der Waals surface area (Å²) in [6.45, 7) is 8.61. The maximum atomic E-state index is 4.40. The molecule has 1 heterocycles. The van der Waals surface area contributed by atoms with Gasteiger partial charge in [0, 0.05) is 24.5 Å². The van der Waals surface area contributed by atoms with Crippen molar-refractivity contribution in [2.45, 2.75) is 33.6 Å². The van der Waals surface area contributed by atoms with Crippen molar-refractivity contribution in [1.82, 2.24) is 5.32 Å². The first kappa shape index (κ1) is 10.3. The van der Waals surface area contributed by atoms with E-state index >= 15 is 0 Å². The van der Waals surface area contributed by atoms with Crippen LogP contribution in [0.2, 0.25) is 0 Å². The third-order valence-corrected chi connectivity index (χ3v) is 2.08. The molecule has 0 amide bonds. The Bertz CT molecular complexity index is 214. The van der Waals surface area contributed by atoms with E-state index in [2.05, 4.69) is 37.2 Å². The first-order chi connectivity index (χ1) is 6.18.